The second-order valence-corrected chi connectivity index (χ2v) is 10.3. The Balaban J connectivity index is 1.42. The van der Waals surface area contributed by atoms with Crippen LogP contribution < -0.4 is 22.1 Å². The highest BCUT2D eigenvalue weighted by Crippen LogP contribution is 2.28. The van der Waals surface area contributed by atoms with Gasteiger partial charge in [0.2, 0.25) is 0 Å². The smallest absolute Gasteiger partial charge is 0.161 e. The van der Waals surface area contributed by atoms with Crippen LogP contribution in [-0.4, -0.2) is 89.9 Å². The predicted molar refractivity (Wildman–Crippen MR) is 123 cm³/mol. The fourth-order valence-electron chi connectivity index (χ4n) is 5.35. The van der Waals surface area contributed by atoms with Gasteiger partial charge in [0.25, 0.3) is 0 Å². The molecule has 6 unspecified atom stereocenters. The van der Waals surface area contributed by atoms with Crippen LogP contribution >= 0.6 is 0 Å². The SMILES string of the molecule is CCCCC(CO)NC1CC(N)[C@@H](O[C@@H]2CC(O)CC(CNCC3CC(N)C3)O2)C(O)C1. The largest absolute Gasteiger partial charge is 0.395 e. The normalized spacial score (nSPS) is 41.2. The Morgan fingerprint density at radius 1 is 1.06 bits per heavy atom. The number of hydrogen-bond donors (Lipinski definition) is 7. The van der Waals surface area contributed by atoms with Crippen molar-refractivity contribution in [3.8, 4) is 0 Å². The van der Waals surface area contributed by atoms with Crippen molar-refractivity contribution < 1.29 is 24.8 Å². The molecule has 1 saturated heterocycles. The number of unbranched alkanes of at least 4 members (excludes halogenated alkanes) is 1. The average Bonchev–Trinajstić information content (AvgIpc) is 2.72. The van der Waals surface area contributed by atoms with Gasteiger partial charge in [-0.3, -0.25) is 0 Å². The Bertz CT molecular complexity index is 527. The quantitative estimate of drug-likeness (QED) is 0.206. The highest BCUT2D eigenvalue weighted by Gasteiger charge is 2.40. The lowest BCUT2D eigenvalue weighted by atomic mass is 9.81. The predicted octanol–water partition coefficient (Wildman–Crippen LogP) is -0.444. The van der Waals surface area contributed by atoms with Crippen LogP contribution in [0.3, 0.4) is 0 Å². The monoisotopic (exact) mass is 458 g/mol. The first-order valence-electron chi connectivity index (χ1n) is 12.6. The van der Waals surface area contributed by atoms with E-state index in [1.807, 2.05) is 0 Å². The Morgan fingerprint density at radius 3 is 2.50 bits per heavy atom. The van der Waals surface area contributed by atoms with Crippen molar-refractivity contribution in [2.24, 2.45) is 17.4 Å². The summed E-state index contributed by atoms with van der Waals surface area (Å²) in [6.45, 7) is 3.79. The summed E-state index contributed by atoms with van der Waals surface area (Å²) in [4.78, 5) is 0. The molecule has 9 N–H and O–H groups in total. The summed E-state index contributed by atoms with van der Waals surface area (Å²) in [6.07, 6.45) is 4.86. The Hall–Kier alpha value is -0.360. The summed E-state index contributed by atoms with van der Waals surface area (Å²) in [5, 5.41) is 37.6. The highest BCUT2D eigenvalue weighted by molar-refractivity contribution is 4.94. The van der Waals surface area contributed by atoms with Crippen molar-refractivity contribution in [1.29, 1.82) is 0 Å². The van der Waals surface area contributed by atoms with Crippen LogP contribution in [0, 0.1) is 5.92 Å². The molecule has 2 aliphatic carbocycles. The van der Waals surface area contributed by atoms with Crippen LogP contribution in [-0.2, 0) is 9.47 Å². The second-order valence-electron chi connectivity index (χ2n) is 10.3. The molecule has 3 fully saturated rings. The van der Waals surface area contributed by atoms with E-state index in [-0.39, 0.29) is 30.8 Å². The molecule has 3 rings (SSSR count). The zero-order chi connectivity index (χ0) is 23.1. The van der Waals surface area contributed by atoms with E-state index >= 15 is 0 Å². The van der Waals surface area contributed by atoms with Crippen LogP contribution in [0.4, 0.5) is 0 Å². The van der Waals surface area contributed by atoms with E-state index in [9.17, 15) is 15.3 Å². The van der Waals surface area contributed by atoms with Gasteiger partial charge in [0.05, 0.1) is 24.9 Å². The number of rotatable bonds is 12. The van der Waals surface area contributed by atoms with Crippen LogP contribution in [0.1, 0.15) is 64.7 Å². The van der Waals surface area contributed by atoms with Crippen molar-refractivity contribution in [2.45, 2.75) is 120 Å². The molecule has 188 valence electrons. The van der Waals surface area contributed by atoms with Crippen LogP contribution in [0.5, 0.6) is 0 Å². The zero-order valence-corrected chi connectivity index (χ0v) is 19.6. The molecule has 9 heteroatoms. The molecule has 8 atom stereocenters. The number of hydrogen-bond acceptors (Lipinski definition) is 9. The van der Waals surface area contributed by atoms with Gasteiger partial charge >= 0.3 is 0 Å². The molecule has 3 aliphatic rings. The summed E-state index contributed by atoms with van der Waals surface area (Å²) in [5.74, 6) is 0.634. The van der Waals surface area contributed by atoms with Gasteiger partial charge in [-0.05, 0) is 44.6 Å². The van der Waals surface area contributed by atoms with Crippen molar-refractivity contribution in [3.63, 3.8) is 0 Å². The molecule has 0 bridgehead atoms. The van der Waals surface area contributed by atoms with E-state index in [0.717, 1.165) is 38.6 Å². The van der Waals surface area contributed by atoms with E-state index in [1.165, 1.54) is 0 Å². The minimum Gasteiger partial charge on any atom is -0.395 e. The molecule has 0 radical (unpaired) electrons. The van der Waals surface area contributed by atoms with Gasteiger partial charge in [0.1, 0.15) is 6.10 Å². The van der Waals surface area contributed by atoms with Crippen molar-refractivity contribution in [2.75, 3.05) is 19.7 Å². The Kier molecular flexibility index (Phi) is 10.6. The van der Waals surface area contributed by atoms with Crippen molar-refractivity contribution in [1.82, 2.24) is 10.6 Å². The van der Waals surface area contributed by atoms with E-state index in [1.54, 1.807) is 0 Å². The van der Waals surface area contributed by atoms with E-state index < -0.39 is 24.6 Å². The van der Waals surface area contributed by atoms with Crippen molar-refractivity contribution >= 4 is 0 Å². The number of aliphatic hydroxyl groups excluding tert-OH is 3. The third kappa shape index (κ3) is 7.85. The fraction of sp³-hybridized carbons (Fsp3) is 1.00. The molecular formula is C23H46N4O5. The first-order valence-corrected chi connectivity index (χ1v) is 12.6. The number of nitrogens with two attached hydrogens (primary N) is 2. The number of ether oxygens (including phenoxy) is 2. The third-order valence-corrected chi connectivity index (χ3v) is 7.21. The van der Waals surface area contributed by atoms with E-state index in [0.29, 0.717) is 44.2 Å². The maximum Gasteiger partial charge on any atom is 0.161 e. The Morgan fingerprint density at radius 2 is 1.84 bits per heavy atom. The van der Waals surface area contributed by atoms with Gasteiger partial charge in [0.15, 0.2) is 6.29 Å². The summed E-state index contributed by atoms with van der Waals surface area (Å²) in [7, 11) is 0. The minimum absolute atomic E-state index is 0.0255. The molecule has 1 aliphatic heterocycles. The molecule has 1 heterocycles. The number of aliphatic hydroxyl groups is 3. The molecule has 0 amide bonds. The van der Waals surface area contributed by atoms with Gasteiger partial charge in [-0.1, -0.05) is 19.8 Å². The molecule has 0 spiro atoms. The summed E-state index contributed by atoms with van der Waals surface area (Å²) < 4.78 is 12.2. The highest BCUT2D eigenvalue weighted by atomic mass is 16.7. The van der Waals surface area contributed by atoms with Gasteiger partial charge in [-0.2, -0.15) is 0 Å². The van der Waals surface area contributed by atoms with Gasteiger partial charge in [-0.25, -0.2) is 0 Å². The molecule has 9 nitrogen and oxygen atoms in total. The van der Waals surface area contributed by atoms with Gasteiger partial charge in [-0.15, -0.1) is 0 Å². The number of nitrogens with one attached hydrogen (secondary N) is 2. The van der Waals surface area contributed by atoms with E-state index in [2.05, 4.69) is 17.6 Å². The lowest BCUT2D eigenvalue weighted by molar-refractivity contribution is -0.251. The average molecular weight is 459 g/mol. The maximum atomic E-state index is 10.7. The summed E-state index contributed by atoms with van der Waals surface area (Å²) in [6, 6.07) is 0.0730. The van der Waals surface area contributed by atoms with E-state index in [4.69, 9.17) is 20.9 Å². The molecule has 32 heavy (non-hydrogen) atoms. The first-order chi connectivity index (χ1) is 15.4. The molecule has 0 aromatic carbocycles. The first kappa shape index (κ1) is 26.2. The molecule has 0 aromatic heterocycles. The third-order valence-electron chi connectivity index (χ3n) is 7.21. The molecular weight excluding hydrogens is 412 g/mol. The van der Waals surface area contributed by atoms with Crippen molar-refractivity contribution in [3.05, 3.63) is 0 Å². The topological polar surface area (TPSA) is 155 Å². The minimum atomic E-state index is -0.719. The summed E-state index contributed by atoms with van der Waals surface area (Å²) >= 11 is 0. The lowest BCUT2D eigenvalue weighted by Gasteiger charge is -2.42. The molecule has 0 aromatic rings. The fourth-order valence-corrected chi connectivity index (χ4v) is 5.35. The van der Waals surface area contributed by atoms with Gasteiger partial charge in [0, 0.05) is 43.6 Å². The maximum absolute atomic E-state index is 10.7. The van der Waals surface area contributed by atoms with Crippen LogP contribution in [0.2, 0.25) is 0 Å². The standard InChI is InChI=1S/C23H46N4O5/c1-2-3-4-16(13-28)27-17-7-20(25)23(21(30)8-17)32-22-10-18(29)9-19(31-22)12-26-11-14-5-15(24)6-14/h14-23,26-30H,2-13,24-25H2,1H3/t14?,15?,16?,17?,18?,19?,20?,21?,22-,23-/m1/s1. The van der Waals surface area contributed by atoms with Crippen LogP contribution in [0.15, 0.2) is 0 Å². The van der Waals surface area contributed by atoms with Gasteiger partial charge < -0.3 is 46.9 Å². The lowest BCUT2D eigenvalue weighted by Crippen LogP contribution is -2.58. The second kappa shape index (κ2) is 12.9. The summed E-state index contributed by atoms with van der Waals surface area (Å²) in [5.41, 5.74) is 12.2. The Labute approximate surface area is 192 Å². The zero-order valence-electron chi connectivity index (χ0n) is 19.6. The molecule has 2 saturated carbocycles. The van der Waals surface area contributed by atoms with Crippen LogP contribution in [0.25, 0.3) is 0 Å².